The number of benzene rings is 2. The van der Waals surface area contributed by atoms with Crippen LogP contribution < -0.4 is 14.9 Å². The normalized spacial score (nSPS) is 12.0. The average molecular weight is 450 g/mol. The van der Waals surface area contributed by atoms with Gasteiger partial charge in [0.25, 0.3) is 5.91 Å². The Morgan fingerprint density at radius 1 is 1.20 bits per heavy atom. The molecule has 160 valence electrons. The maximum absolute atomic E-state index is 13.1. The number of amides is 2. The summed E-state index contributed by atoms with van der Waals surface area (Å²) in [5, 5.41) is 5.69. The predicted molar refractivity (Wildman–Crippen MR) is 120 cm³/mol. The number of hydrogen-bond acceptors (Lipinski definition) is 4. The van der Waals surface area contributed by atoms with Crippen molar-refractivity contribution >= 4 is 44.8 Å². The second-order valence-corrected chi connectivity index (χ2v) is 8.79. The highest BCUT2D eigenvalue weighted by Gasteiger charge is 2.32. The summed E-state index contributed by atoms with van der Waals surface area (Å²) in [4.78, 5) is 25.4. The highest BCUT2D eigenvalue weighted by molar-refractivity contribution is 7.92. The molecule has 0 spiro atoms. The fourth-order valence-corrected chi connectivity index (χ4v) is 4.33. The van der Waals surface area contributed by atoms with Crippen LogP contribution in [0.25, 0.3) is 0 Å². The zero-order valence-corrected chi connectivity index (χ0v) is 18.3. The second-order valence-electron chi connectivity index (χ2n) is 6.50. The lowest BCUT2D eigenvalue weighted by molar-refractivity contribution is -0.117. The van der Waals surface area contributed by atoms with Crippen LogP contribution in [0.3, 0.4) is 0 Å². The SMILES string of the molecule is C=CCNC(=O)c1ccccc1NC(=O)[C@@H](CC)N(c1cccc(Cl)c1)S(C)(=O)=O. The number of para-hydroxylation sites is 1. The average Bonchev–Trinajstić information content (AvgIpc) is 2.69. The number of nitrogens with one attached hydrogen (secondary N) is 2. The molecule has 30 heavy (non-hydrogen) atoms. The second kappa shape index (κ2) is 10.3. The first-order valence-corrected chi connectivity index (χ1v) is 11.5. The number of nitrogens with zero attached hydrogens (tertiary/aromatic N) is 1. The van der Waals surface area contributed by atoms with Crippen molar-refractivity contribution in [2.24, 2.45) is 0 Å². The van der Waals surface area contributed by atoms with Gasteiger partial charge < -0.3 is 10.6 Å². The molecule has 0 aromatic heterocycles. The Morgan fingerprint density at radius 2 is 1.90 bits per heavy atom. The quantitative estimate of drug-likeness (QED) is 0.573. The van der Waals surface area contributed by atoms with Crippen LogP contribution in [-0.4, -0.2) is 39.1 Å². The molecule has 2 aromatic rings. The molecule has 2 N–H and O–H groups in total. The van der Waals surface area contributed by atoms with Gasteiger partial charge in [-0.15, -0.1) is 6.58 Å². The van der Waals surface area contributed by atoms with Crippen molar-refractivity contribution in [3.63, 3.8) is 0 Å². The summed E-state index contributed by atoms with van der Waals surface area (Å²) in [5.41, 5.74) is 0.822. The molecule has 1 atom stereocenters. The summed E-state index contributed by atoms with van der Waals surface area (Å²) in [6.07, 6.45) is 2.78. The minimum Gasteiger partial charge on any atom is -0.349 e. The summed E-state index contributed by atoms with van der Waals surface area (Å²) < 4.78 is 26.1. The first kappa shape index (κ1) is 23.4. The molecule has 0 aliphatic heterocycles. The van der Waals surface area contributed by atoms with E-state index in [4.69, 9.17) is 11.6 Å². The van der Waals surface area contributed by atoms with Crippen molar-refractivity contribution in [2.45, 2.75) is 19.4 Å². The zero-order chi connectivity index (χ0) is 22.3. The van der Waals surface area contributed by atoms with Crippen molar-refractivity contribution in [1.82, 2.24) is 5.32 Å². The number of halogens is 1. The molecule has 0 unspecified atom stereocenters. The molecule has 0 aliphatic rings. The van der Waals surface area contributed by atoms with Crippen LogP contribution in [0.5, 0.6) is 0 Å². The molecule has 2 amide bonds. The van der Waals surface area contributed by atoms with E-state index in [0.29, 0.717) is 5.02 Å². The lowest BCUT2D eigenvalue weighted by Gasteiger charge is -2.30. The van der Waals surface area contributed by atoms with Gasteiger partial charge >= 0.3 is 0 Å². The minimum absolute atomic E-state index is 0.205. The number of carbonyl (C=O) groups excluding carboxylic acids is 2. The lowest BCUT2D eigenvalue weighted by Crippen LogP contribution is -2.47. The number of sulfonamides is 1. The van der Waals surface area contributed by atoms with E-state index < -0.39 is 22.0 Å². The molecule has 0 aliphatic carbocycles. The Balaban J connectivity index is 2.38. The van der Waals surface area contributed by atoms with Gasteiger partial charge in [0.15, 0.2) is 0 Å². The van der Waals surface area contributed by atoms with E-state index in [0.717, 1.165) is 10.6 Å². The van der Waals surface area contributed by atoms with Gasteiger partial charge in [-0.2, -0.15) is 0 Å². The largest absolute Gasteiger partial charge is 0.349 e. The van der Waals surface area contributed by atoms with Gasteiger partial charge in [-0.1, -0.05) is 42.8 Å². The highest BCUT2D eigenvalue weighted by atomic mass is 35.5. The Hall–Kier alpha value is -2.84. The van der Waals surface area contributed by atoms with Crippen LogP contribution in [0.15, 0.2) is 61.2 Å². The van der Waals surface area contributed by atoms with E-state index in [1.54, 1.807) is 55.5 Å². The zero-order valence-electron chi connectivity index (χ0n) is 16.8. The Morgan fingerprint density at radius 3 is 2.50 bits per heavy atom. The molecule has 0 saturated carbocycles. The lowest BCUT2D eigenvalue weighted by atomic mass is 10.1. The number of hydrogen-bond donors (Lipinski definition) is 2. The molecule has 7 nitrogen and oxygen atoms in total. The van der Waals surface area contributed by atoms with Gasteiger partial charge in [-0.25, -0.2) is 8.42 Å². The molecule has 0 radical (unpaired) electrons. The first-order chi connectivity index (χ1) is 14.2. The Kier molecular flexibility index (Phi) is 8.02. The van der Waals surface area contributed by atoms with Gasteiger partial charge in [-0.05, 0) is 36.8 Å². The maximum Gasteiger partial charge on any atom is 0.253 e. The Labute approximate surface area is 181 Å². The highest BCUT2D eigenvalue weighted by Crippen LogP contribution is 2.26. The fourth-order valence-electron chi connectivity index (χ4n) is 2.94. The van der Waals surface area contributed by atoms with Crippen molar-refractivity contribution in [3.05, 3.63) is 71.8 Å². The van der Waals surface area contributed by atoms with Crippen LogP contribution in [0.2, 0.25) is 5.02 Å². The molecular formula is C21H24ClN3O4S. The fraction of sp³-hybridized carbons (Fsp3) is 0.238. The van der Waals surface area contributed by atoms with Gasteiger partial charge in [-0.3, -0.25) is 13.9 Å². The van der Waals surface area contributed by atoms with Gasteiger partial charge in [0.1, 0.15) is 6.04 Å². The summed E-state index contributed by atoms with van der Waals surface area (Å²) in [5.74, 6) is -0.944. The van der Waals surface area contributed by atoms with E-state index in [2.05, 4.69) is 17.2 Å². The molecule has 0 fully saturated rings. The summed E-state index contributed by atoms with van der Waals surface area (Å²) >= 11 is 6.02. The van der Waals surface area contributed by atoms with Gasteiger partial charge in [0.2, 0.25) is 15.9 Å². The van der Waals surface area contributed by atoms with Gasteiger partial charge in [0, 0.05) is 11.6 Å². The van der Waals surface area contributed by atoms with Crippen molar-refractivity contribution in [3.8, 4) is 0 Å². The number of carbonyl (C=O) groups is 2. The standard InChI is InChI=1S/C21H24ClN3O4S/c1-4-13-23-20(26)17-11-6-7-12-18(17)24-21(27)19(5-2)25(30(3,28)29)16-10-8-9-15(22)14-16/h4,6-12,14,19H,1,5,13H2,2-3H3,(H,23,26)(H,24,27)/t19-/m1/s1. The van der Waals surface area contributed by atoms with Crippen LogP contribution in [0, 0.1) is 0 Å². The third kappa shape index (κ3) is 5.84. The third-order valence-electron chi connectivity index (χ3n) is 4.23. The van der Waals surface area contributed by atoms with Crippen LogP contribution >= 0.6 is 11.6 Å². The van der Waals surface area contributed by atoms with Crippen LogP contribution in [0.1, 0.15) is 23.7 Å². The molecular weight excluding hydrogens is 426 g/mol. The monoisotopic (exact) mass is 449 g/mol. The van der Waals surface area contributed by atoms with Crippen LogP contribution in [0.4, 0.5) is 11.4 Å². The minimum atomic E-state index is -3.80. The number of rotatable bonds is 9. The molecule has 9 heteroatoms. The summed E-state index contributed by atoms with van der Waals surface area (Å²) in [7, 11) is -3.80. The maximum atomic E-state index is 13.1. The van der Waals surface area contributed by atoms with E-state index in [9.17, 15) is 18.0 Å². The van der Waals surface area contributed by atoms with E-state index in [1.807, 2.05) is 0 Å². The van der Waals surface area contributed by atoms with Crippen molar-refractivity contribution in [2.75, 3.05) is 22.4 Å². The number of anilines is 2. The molecule has 0 heterocycles. The van der Waals surface area contributed by atoms with Crippen molar-refractivity contribution in [1.29, 1.82) is 0 Å². The van der Waals surface area contributed by atoms with E-state index in [1.165, 1.54) is 6.07 Å². The van der Waals surface area contributed by atoms with E-state index >= 15 is 0 Å². The van der Waals surface area contributed by atoms with Crippen LogP contribution in [-0.2, 0) is 14.8 Å². The molecule has 2 aromatic carbocycles. The molecule has 2 rings (SSSR count). The third-order valence-corrected chi connectivity index (χ3v) is 5.64. The topological polar surface area (TPSA) is 95.6 Å². The molecule has 0 saturated heterocycles. The summed E-state index contributed by atoms with van der Waals surface area (Å²) in [6, 6.07) is 11.7. The Bertz CT molecular complexity index is 1040. The smallest absolute Gasteiger partial charge is 0.253 e. The summed E-state index contributed by atoms with van der Waals surface area (Å²) in [6.45, 7) is 5.53. The molecule has 0 bridgehead atoms. The predicted octanol–water partition coefficient (Wildman–Crippen LogP) is 3.44. The van der Waals surface area contributed by atoms with E-state index in [-0.39, 0.29) is 35.8 Å². The van der Waals surface area contributed by atoms with Crippen molar-refractivity contribution < 1.29 is 18.0 Å². The van der Waals surface area contributed by atoms with Gasteiger partial charge in [0.05, 0.1) is 23.2 Å². The first-order valence-electron chi connectivity index (χ1n) is 9.23.